The van der Waals surface area contributed by atoms with E-state index in [1.54, 1.807) is 34.1 Å². The molecule has 3 N–H and O–H groups in total. The maximum atomic E-state index is 13.4. The van der Waals surface area contributed by atoms with Crippen molar-refractivity contribution in [1.29, 1.82) is 0 Å². The van der Waals surface area contributed by atoms with Gasteiger partial charge in [-0.05, 0) is 63.3 Å². The Labute approximate surface area is 262 Å². The van der Waals surface area contributed by atoms with E-state index in [1.807, 2.05) is 6.07 Å². The number of carbonyl (C=O) groups is 2. The SMILES string of the molecule is COC(=O)C1=C(C)NC(C)C(CCNC2CCN3CCc4c(ccc(OC)c4OC)C3C2)(C(=O)O)C1c1cccc([N+](=O)[O-])c1. The van der Waals surface area contributed by atoms with Gasteiger partial charge in [0.25, 0.3) is 5.69 Å². The molecule has 45 heavy (non-hydrogen) atoms. The summed E-state index contributed by atoms with van der Waals surface area (Å²) >= 11 is 0. The molecule has 3 aliphatic heterocycles. The topological polar surface area (TPSA) is 152 Å². The largest absolute Gasteiger partial charge is 0.493 e. The van der Waals surface area contributed by atoms with Crippen molar-refractivity contribution in [2.45, 2.75) is 63.6 Å². The van der Waals surface area contributed by atoms with Gasteiger partial charge in [0.05, 0.1) is 37.2 Å². The molecule has 2 aromatic carbocycles. The molecule has 0 saturated carbocycles. The predicted octanol–water partition coefficient (Wildman–Crippen LogP) is 3.95. The van der Waals surface area contributed by atoms with Gasteiger partial charge in [0.15, 0.2) is 11.5 Å². The van der Waals surface area contributed by atoms with Crippen LogP contribution in [-0.2, 0) is 20.7 Å². The predicted molar refractivity (Wildman–Crippen MR) is 166 cm³/mol. The molecule has 0 aliphatic carbocycles. The van der Waals surface area contributed by atoms with E-state index in [-0.39, 0.29) is 29.8 Å². The zero-order valence-electron chi connectivity index (χ0n) is 26.4. The Kier molecular flexibility index (Phi) is 9.36. The van der Waals surface area contributed by atoms with E-state index in [0.29, 0.717) is 17.8 Å². The Morgan fingerprint density at radius 3 is 2.62 bits per heavy atom. The normalized spacial score (nSPS) is 26.2. The number of carbonyl (C=O) groups excluding carboxylic acids is 1. The fraction of sp³-hybridized carbons (Fsp3) is 0.515. The fourth-order valence-corrected chi connectivity index (χ4v) is 7.80. The van der Waals surface area contributed by atoms with Crippen molar-refractivity contribution in [3.8, 4) is 11.5 Å². The van der Waals surface area contributed by atoms with Crippen LogP contribution in [0.3, 0.4) is 0 Å². The number of allylic oxidation sites excluding steroid dienone is 1. The van der Waals surface area contributed by atoms with E-state index in [0.717, 1.165) is 43.9 Å². The summed E-state index contributed by atoms with van der Waals surface area (Å²) in [5.41, 5.74) is 1.76. The molecule has 1 fully saturated rings. The summed E-state index contributed by atoms with van der Waals surface area (Å²) in [7, 11) is 4.55. The van der Waals surface area contributed by atoms with Crippen molar-refractivity contribution in [2.75, 3.05) is 41.0 Å². The molecule has 5 atom stereocenters. The summed E-state index contributed by atoms with van der Waals surface area (Å²) in [6, 6.07) is 9.70. The second kappa shape index (κ2) is 13.1. The summed E-state index contributed by atoms with van der Waals surface area (Å²) in [5.74, 6) is -1.23. The van der Waals surface area contributed by atoms with Crippen LogP contribution in [0.1, 0.15) is 61.8 Å². The third-order valence-electron chi connectivity index (χ3n) is 10.0. The minimum atomic E-state index is -1.51. The molecule has 12 heteroatoms. The number of nitro groups is 1. The minimum Gasteiger partial charge on any atom is -0.493 e. The number of ether oxygens (including phenoxy) is 3. The van der Waals surface area contributed by atoms with Crippen LogP contribution >= 0.6 is 0 Å². The molecule has 242 valence electrons. The summed E-state index contributed by atoms with van der Waals surface area (Å²) < 4.78 is 16.4. The number of piperidine rings is 1. The first kappa shape index (κ1) is 32.2. The number of hydrogen-bond donors (Lipinski definition) is 3. The highest BCUT2D eigenvalue weighted by Gasteiger charge is 2.56. The Balaban J connectivity index is 1.43. The highest BCUT2D eigenvalue weighted by molar-refractivity contribution is 5.94. The van der Waals surface area contributed by atoms with Crippen LogP contribution in [0.4, 0.5) is 5.69 Å². The lowest BCUT2D eigenvalue weighted by molar-refractivity contribution is -0.384. The van der Waals surface area contributed by atoms with Gasteiger partial charge in [0.2, 0.25) is 0 Å². The van der Waals surface area contributed by atoms with Crippen LogP contribution in [-0.4, -0.2) is 79.9 Å². The highest BCUT2D eigenvalue weighted by atomic mass is 16.6. The first-order chi connectivity index (χ1) is 21.6. The number of carboxylic acids is 1. The van der Waals surface area contributed by atoms with Crippen LogP contribution in [0.25, 0.3) is 0 Å². The molecule has 0 amide bonds. The van der Waals surface area contributed by atoms with Gasteiger partial charge in [-0.2, -0.15) is 0 Å². The fourth-order valence-electron chi connectivity index (χ4n) is 7.80. The zero-order chi connectivity index (χ0) is 32.5. The van der Waals surface area contributed by atoms with E-state index in [9.17, 15) is 24.8 Å². The van der Waals surface area contributed by atoms with Crippen molar-refractivity contribution < 1.29 is 33.8 Å². The van der Waals surface area contributed by atoms with E-state index in [2.05, 4.69) is 21.6 Å². The first-order valence-electron chi connectivity index (χ1n) is 15.3. The molecule has 5 rings (SSSR count). The van der Waals surface area contributed by atoms with Crippen molar-refractivity contribution in [3.05, 3.63) is 74.5 Å². The maximum absolute atomic E-state index is 13.4. The molecule has 1 saturated heterocycles. The van der Waals surface area contributed by atoms with Gasteiger partial charge in [-0.1, -0.05) is 18.2 Å². The third kappa shape index (κ3) is 5.72. The van der Waals surface area contributed by atoms with Crippen LogP contribution in [0, 0.1) is 15.5 Å². The molecular weight excluding hydrogens is 580 g/mol. The molecular formula is C33H42N4O8. The number of benzene rings is 2. The summed E-state index contributed by atoms with van der Waals surface area (Å²) in [6.45, 7) is 5.69. The number of nitro benzene ring substituents is 1. The molecule has 2 aromatic rings. The van der Waals surface area contributed by atoms with E-state index in [4.69, 9.17) is 14.2 Å². The Morgan fingerprint density at radius 1 is 1.18 bits per heavy atom. The van der Waals surface area contributed by atoms with E-state index < -0.39 is 34.2 Å². The number of hydrogen-bond acceptors (Lipinski definition) is 10. The minimum absolute atomic E-state index is 0.136. The van der Waals surface area contributed by atoms with Crippen molar-refractivity contribution in [2.24, 2.45) is 5.41 Å². The van der Waals surface area contributed by atoms with Crippen LogP contribution in [0.2, 0.25) is 0 Å². The molecule has 5 unspecified atom stereocenters. The molecule has 0 spiro atoms. The molecule has 3 heterocycles. The van der Waals surface area contributed by atoms with Crippen molar-refractivity contribution >= 4 is 17.6 Å². The van der Waals surface area contributed by atoms with Gasteiger partial charge in [-0.3, -0.25) is 19.8 Å². The number of non-ortho nitro benzene ring substituents is 1. The number of aliphatic carboxylic acids is 1. The van der Waals surface area contributed by atoms with Gasteiger partial charge in [0.1, 0.15) is 0 Å². The molecule has 12 nitrogen and oxygen atoms in total. The average molecular weight is 623 g/mol. The number of nitrogens with one attached hydrogen (secondary N) is 2. The Hall–Kier alpha value is -4.16. The molecule has 0 aromatic heterocycles. The van der Waals surface area contributed by atoms with E-state index in [1.165, 1.54) is 36.4 Å². The maximum Gasteiger partial charge on any atom is 0.336 e. The van der Waals surface area contributed by atoms with Gasteiger partial charge in [0, 0.05) is 60.5 Å². The van der Waals surface area contributed by atoms with Gasteiger partial charge in [-0.15, -0.1) is 0 Å². The molecule has 0 bridgehead atoms. The molecule has 3 aliphatic rings. The number of rotatable bonds is 10. The smallest absolute Gasteiger partial charge is 0.336 e. The monoisotopic (exact) mass is 622 g/mol. The lowest BCUT2D eigenvalue weighted by atomic mass is 9.60. The Bertz CT molecular complexity index is 1510. The summed E-state index contributed by atoms with van der Waals surface area (Å²) in [4.78, 5) is 40.2. The second-order valence-corrected chi connectivity index (χ2v) is 12.1. The number of carboxylic acid groups (broad SMARTS) is 1. The summed E-state index contributed by atoms with van der Waals surface area (Å²) in [5, 5.41) is 29.4. The van der Waals surface area contributed by atoms with Crippen LogP contribution < -0.4 is 20.1 Å². The number of methoxy groups -OCH3 is 3. The third-order valence-corrected chi connectivity index (χ3v) is 10.0. The van der Waals surface area contributed by atoms with Gasteiger partial charge in [-0.25, -0.2) is 4.79 Å². The highest BCUT2D eigenvalue weighted by Crippen LogP contribution is 2.51. The lowest BCUT2D eigenvalue weighted by Gasteiger charge is -2.48. The first-order valence-corrected chi connectivity index (χ1v) is 15.3. The number of esters is 1. The number of fused-ring (bicyclic) bond motifs is 3. The van der Waals surface area contributed by atoms with Gasteiger partial charge >= 0.3 is 11.9 Å². The van der Waals surface area contributed by atoms with Crippen molar-refractivity contribution in [1.82, 2.24) is 15.5 Å². The quantitative estimate of drug-likeness (QED) is 0.201. The second-order valence-electron chi connectivity index (χ2n) is 12.1. The van der Waals surface area contributed by atoms with Gasteiger partial charge < -0.3 is 30.0 Å². The molecule has 0 radical (unpaired) electrons. The summed E-state index contributed by atoms with van der Waals surface area (Å²) in [6.07, 6.45) is 2.81. The van der Waals surface area contributed by atoms with Crippen LogP contribution in [0.15, 0.2) is 47.7 Å². The zero-order valence-corrected chi connectivity index (χ0v) is 26.4. The van der Waals surface area contributed by atoms with E-state index >= 15 is 0 Å². The standard InChI is InChI=1S/C33H42N4O8/c1-19-28(31(38)45-5)29(21-7-6-8-23(17-21)37(41)42)33(32(39)40,20(2)35-19)13-14-34-22-11-15-36-16-12-25-24(26(36)18-22)9-10-27(43-3)30(25)44-4/h6-10,17,20,22,26,29,34-35H,11-16,18H2,1-5H3,(H,39,40). The van der Waals surface area contributed by atoms with Crippen molar-refractivity contribution in [3.63, 3.8) is 0 Å². The Morgan fingerprint density at radius 2 is 1.96 bits per heavy atom. The van der Waals surface area contributed by atoms with Crippen LogP contribution in [0.5, 0.6) is 11.5 Å². The average Bonchev–Trinajstić information content (AvgIpc) is 3.04. The number of nitrogens with zero attached hydrogens (tertiary/aromatic N) is 2. The lowest BCUT2D eigenvalue weighted by Crippen LogP contribution is -2.58.